The van der Waals surface area contributed by atoms with Crippen LogP contribution in [0.1, 0.15) is 29.9 Å². The summed E-state index contributed by atoms with van der Waals surface area (Å²) in [6, 6.07) is 11.2. The van der Waals surface area contributed by atoms with Crippen molar-refractivity contribution in [3.63, 3.8) is 0 Å². The summed E-state index contributed by atoms with van der Waals surface area (Å²) in [6.45, 7) is 6.22. The Labute approximate surface area is 164 Å². The van der Waals surface area contributed by atoms with Gasteiger partial charge >= 0.3 is 6.18 Å². The summed E-state index contributed by atoms with van der Waals surface area (Å²) in [7, 11) is 0. The summed E-state index contributed by atoms with van der Waals surface area (Å²) in [4.78, 5) is 1.07. The molecule has 0 atom stereocenters. The zero-order valence-corrected chi connectivity index (χ0v) is 16.6. The van der Waals surface area contributed by atoms with Crippen LogP contribution in [0.15, 0.2) is 42.5 Å². The molecule has 7 heteroatoms. The minimum absolute atomic E-state index is 0.330. The molecule has 0 unspecified atom stereocenters. The van der Waals surface area contributed by atoms with E-state index in [1.54, 1.807) is 0 Å². The van der Waals surface area contributed by atoms with E-state index in [9.17, 15) is 13.2 Å². The Kier molecular flexibility index (Phi) is 4.01. The predicted molar refractivity (Wildman–Crippen MR) is 106 cm³/mol. The number of rotatable bonds is 1. The number of anilines is 1. The van der Waals surface area contributed by atoms with Crippen LogP contribution in [0.25, 0.3) is 16.8 Å². The number of fused-ring (bicyclic) bond motifs is 3. The van der Waals surface area contributed by atoms with Crippen molar-refractivity contribution < 1.29 is 13.2 Å². The van der Waals surface area contributed by atoms with Crippen LogP contribution in [0, 0.1) is 11.6 Å². The van der Waals surface area contributed by atoms with E-state index < -0.39 is 11.7 Å². The number of hydrogen-bond acceptors (Lipinski definition) is 3. The third-order valence-corrected chi connectivity index (χ3v) is 6.76. The second kappa shape index (κ2) is 5.94. The molecule has 1 N–H and O–H groups in total. The van der Waals surface area contributed by atoms with Crippen LogP contribution in [0.2, 0.25) is 0 Å². The molecule has 0 bridgehead atoms. The minimum atomic E-state index is -4.35. The lowest BCUT2D eigenvalue weighted by molar-refractivity contribution is -0.137. The number of aryl methyl sites for hydroxylation is 1. The number of para-hydroxylation sites is 1. The number of benzene rings is 2. The van der Waals surface area contributed by atoms with Gasteiger partial charge in [0.1, 0.15) is 4.64 Å². The maximum Gasteiger partial charge on any atom is 0.416 e. The van der Waals surface area contributed by atoms with E-state index in [0.29, 0.717) is 10.3 Å². The van der Waals surface area contributed by atoms with Crippen molar-refractivity contribution in [3.05, 3.63) is 63.1 Å². The van der Waals surface area contributed by atoms with Gasteiger partial charge in [0.05, 0.1) is 21.7 Å². The first kappa shape index (κ1) is 18.3. The molecule has 0 saturated heterocycles. The molecule has 0 amide bonds. The molecule has 140 valence electrons. The standard InChI is InChI=1S/C20H17F3N2S2/c1-11-5-4-6-14-15-17(19(2,3)24-16(11)14)27-25(18(15)26)13-9-7-12(8-10-13)20(21,22)23/h4-10,24H,1-3H3. The highest BCUT2D eigenvalue weighted by Gasteiger charge is 2.35. The molecule has 1 aliphatic rings. The van der Waals surface area contributed by atoms with Gasteiger partial charge in [-0.05, 0) is 50.6 Å². The summed E-state index contributed by atoms with van der Waals surface area (Å²) < 4.78 is 41.0. The molecular weight excluding hydrogens is 389 g/mol. The van der Waals surface area contributed by atoms with Crippen molar-refractivity contribution in [1.82, 2.24) is 3.96 Å². The van der Waals surface area contributed by atoms with E-state index in [1.807, 2.05) is 29.1 Å². The van der Waals surface area contributed by atoms with Gasteiger partial charge in [-0.2, -0.15) is 13.2 Å². The number of alkyl halides is 3. The van der Waals surface area contributed by atoms with Crippen LogP contribution >= 0.6 is 23.8 Å². The topological polar surface area (TPSA) is 17.0 Å². The Morgan fingerprint density at radius 2 is 1.74 bits per heavy atom. The third-order valence-electron chi connectivity index (χ3n) is 4.78. The van der Waals surface area contributed by atoms with Crippen LogP contribution in [0.3, 0.4) is 0 Å². The second-order valence-corrected chi connectivity index (χ2v) is 8.53. The van der Waals surface area contributed by atoms with Gasteiger partial charge < -0.3 is 5.32 Å². The lowest BCUT2D eigenvalue weighted by atomic mass is 9.88. The fourth-order valence-electron chi connectivity index (χ4n) is 3.41. The SMILES string of the molecule is Cc1cccc2c1NC(C)(C)c1sn(-c3ccc(C(F)(F)F)cc3)c(=S)c1-2. The molecule has 4 rings (SSSR count). The largest absolute Gasteiger partial charge is 0.416 e. The van der Waals surface area contributed by atoms with Crippen LogP contribution in [-0.2, 0) is 11.7 Å². The third kappa shape index (κ3) is 2.89. The zero-order chi connectivity index (χ0) is 19.6. The van der Waals surface area contributed by atoms with Crippen molar-refractivity contribution in [1.29, 1.82) is 0 Å². The average molecular weight is 406 g/mol. The molecule has 1 aromatic heterocycles. The van der Waals surface area contributed by atoms with Gasteiger partial charge in [0.15, 0.2) is 0 Å². The van der Waals surface area contributed by atoms with Crippen LogP contribution < -0.4 is 5.32 Å². The number of aromatic nitrogens is 1. The normalized spacial score (nSPS) is 15.0. The van der Waals surface area contributed by atoms with Crippen LogP contribution in [0.4, 0.5) is 18.9 Å². The van der Waals surface area contributed by atoms with Crippen molar-refractivity contribution in [2.45, 2.75) is 32.5 Å². The molecule has 0 spiro atoms. The first-order valence-electron chi connectivity index (χ1n) is 8.42. The van der Waals surface area contributed by atoms with Gasteiger partial charge in [-0.3, -0.25) is 3.96 Å². The zero-order valence-electron chi connectivity index (χ0n) is 14.9. The van der Waals surface area contributed by atoms with Crippen molar-refractivity contribution in [2.75, 3.05) is 5.32 Å². The Hall–Kier alpha value is -2.12. The van der Waals surface area contributed by atoms with Gasteiger partial charge in [-0.15, -0.1) is 0 Å². The Morgan fingerprint density at radius 3 is 2.37 bits per heavy atom. The second-order valence-electron chi connectivity index (χ2n) is 7.19. The predicted octanol–water partition coefficient (Wildman–Crippen LogP) is 6.92. The minimum Gasteiger partial charge on any atom is -0.374 e. The van der Waals surface area contributed by atoms with Crippen molar-refractivity contribution in [2.24, 2.45) is 0 Å². The van der Waals surface area contributed by atoms with Gasteiger partial charge in [0.25, 0.3) is 0 Å². The van der Waals surface area contributed by atoms with E-state index in [-0.39, 0.29) is 5.54 Å². The van der Waals surface area contributed by atoms with Gasteiger partial charge in [-0.1, -0.05) is 41.9 Å². The summed E-state index contributed by atoms with van der Waals surface area (Å²) in [5.74, 6) is 0. The highest BCUT2D eigenvalue weighted by atomic mass is 32.1. The molecule has 0 aliphatic carbocycles. The van der Waals surface area contributed by atoms with Gasteiger partial charge in [0, 0.05) is 16.8 Å². The summed E-state index contributed by atoms with van der Waals surface area (Å²) in [5.41, 5.74) is 3.85. The molecule has 3 aromatic rings. The summed E-state index contributed by atoms with van der Waals surface area (Å²) in [6.07, 6.45) is -4.35. The van der Waals surface area contributed by atoms with E-state index in [4.69, 9.17) is 12.2 Å². The first-order valence-corrected chi connectivity index (χ1v) is 9.60. The van der Waals surface area contributed by atoms with Crippen molar-refractivity contribution in [3.8, 4) is 16.8 Å². The Bertz CT molecular complexity index is 1090. The Balaban J connectivity index is 1.92. The quantitative estimate of drug-likeness (QED) is 0.442. The maximum atomic E-state index is 12.9. The molecule has 2 heterocycles. The molecule has 0 saturated carbocycles. The van der Waals surface area contributed by atoms with Gasteiger partial charge in [-0.25, -0.2) is 0 Å². The van der Waals surface area contributed by atoms with E-state index in [0.717, 1.165) is 39.4 Å². The number of halogens is 3. The summed E-state index contributed by atoms with van der Waals surface area (Å²) >= 11 is 7.22. The van der Waals surface area contributed by atoms with E-state index in [2.05, 4.69) is 19.2 Å². The molecule has 27 heavy (non-hydrogen) atoms. The Morgan fingerprint density at radius 1 is 1.07 bits per heavy atom. The van der Waals surface area contributed by atoms with Crippen molar-refractivity contribution >= 4 is 29.4 Å². The fraction of sp³-hybridized carbons (Fsp3) is 0.250. The monoisotopic (exact) mass is 406 g/mol. The lowest BCUT2D eigenvalue weighted by Gasteiger charge is -2.34. The molecule has 0 radical (unpaired) electrons. The molecule has 1 aliphatic heterocycles. The van der Waals surface area contributed by atoms with Crippen LogP contribution in [0.5, 0.6) is 0 Å². The maximum absolute atomic E-state index is 12.9. The fourth-order valence-corrected chi connectivity index (χ4v) is 5.06. The summed E-state index contributed by atoms with van der Waals surface area (Å²) in [5, 5.41) is 3.58. The highest BCUT2D eigenvalue weighted by Crippen LogP contribution is 2.48. The molecular formula is C20H17F3N2S2. The molecule has 2 nitrogen and oxygen atoms in total. The van der Waals surface area contributed by atoms with Crippen LogP contribution in [-0.4, -0.2) is 3.96 Å². The average Bonchev–Trinajstić information content (AvgIpc) is 2.94. The smallest absolute Gasteiger partial charge is 0.374 e. The molecule has 2 aromatic carbocycles. The number of nitrogens with one attached hydrogen (secondary N) is 1. The van der Waals surface area contributed by atoms with E-state index >= 15 is 0 Å². The highest BCUT2D eigenvalue weighted by molar-refractivity contribution is 7.71. The van der Waals surface area contributed by atoms with Gasteiger partial charge in [0.2, 0.25) is 0 Å². The number of hydrogen-bond donors (Lipinski definition) is 1. The first-order chi connectivity index (χ1) is 12.6. The lowest BCUT2D eigenvalue weighted by Crippen LogP contribution is -2.31. The van der Waals surface area contributed by atoms with E-state index in [1.165, 1.54) is 23.7 Å². The number of nitrogens with zero attached hydrogens (tertiary/aromatic N) is 1. The molecule has 0 fully saturated rings.